The average molecular weight is 268 g/mol. The fraction of sp³-hybridized carbons (Fsp3) is 0.786. The molecule has 18 heavy (non-hydrogen) atoms. The van der Waals surface area contributed by atoms with Crippen LogP contribution in [0.2, 0.25) is 0 Å². The van der Waals surface area contributed by atoms with Gasteiger partial charge in [0, 0.05) is 30.3 Å². The molecule has 4 heteroatoms. The Balaban J connectivity index is 1.79. The maximum Gasteiger partial charge on any atom is 0.0794 e. The Morgan fingerprint density at radius 1 is 1.50 bits per heavy atom. The lowest BCUT2D eigenvalue weighted by Crippen LogP contribution is -2.41. The summed E-state index contributed by atoms with van der Waals surface area (Å²) in [4.78, 5) is 5.43. The number of aromatic nitrogens is 1. The van der Waals surface area contributed by atoms with Crippen molar-refractivity contribution in [2.75, 3.05) is 6.61 Å². The Hall–Kier alpha value is -0.450. The van der Waals surface area contributed by atoms with Crippen LogP contribution in [0.3, 0.4) is 0 Å². The van der Waals surface area contributed by atoms with Crippen LogP contribution in [0.5, 0.6) is 0 Å². The van der Waals surface area contributed by atoms with Crippen LogP contribution in [0.15, 0.2) is 11.7 Å². The molecule has 1 aromatic rings. The maximum atomic E-state index is 5.94. The van der Waals surface area contributed by atoms with E-state index in [0.717, 1.165) is 31.9 Å². The van der Waals surface area contributed by atoms with Crippen LogP contribution in [-0.4, -0.2) is 23.7 Å². The number of rotatable bonds is 6. The molecule has 1 aliphatic heterocycles. The lowest BCUT2D eigenvalue weighted by molar-refractivity contribution is -0.0350. The summed E-state index contributed by atoms with van der Waals surface area (Å²) in [5.74, 6) is 0.720. The largest absolute Gasteiger partial charge is 0.378 e. The van der Waals surface area contributed by atoms with Crippen LogP contribution in [0.1, 0.15) is 44.4 Å². The Bertz CT molecular complexity index is 325. The first kappa shape index (κ1) is 14.0. The van der Waals surface area contributed by atoms with Gasteiger partial charge in [-0.05, 0) is 18.8 Å². The van der Waals surface area contributed by atoms with E-state index < -0.39 is 0 Å². The van der Waals surface area contributed by atoms with Crippen LogP contribution in [0.25, 0.3) is 0 Å². The van der Waals surface area contributed by atoms with Crippen LogP contribution in [-0.2, 0) is 11.3 Å². The van der Waals surface area contributed by atoms with Crippen LogP contribution >= 0.6 is 11.3 Å². The topological polar surface area (TPSA) is 34.2 Å². The van der Waals surface area contributed by atoms with E-state index in [-0.39, 0.29) is 0 Å². The summed E-state index contributed by atoms with van der Waals surface area (Å²) >= 11 is 1.72. The van der Waals surface area contributed by atoms with Gasteiger partial charge >= 0.3 is 0 Å². The average Bonchev–Trinajstić information content (AvgIpc) is 2.92. The van der Waals surface area contributed by atoms with Gasteiger partial charge in [-0.2, -0.15) is 0 Å². The second kappa shape index (κ2) is 7.22. The molecule has 102 valence electrons. The minimum Gasteiger partial charge on any atom is -0.378 e. The molecule has 0 unspecified atom stereocenters. The van der Waals surface area contributed by atoms with Crippen molar-refractivity contribution in [2.45, 2.75) is 58.2 Å². The van der Waals surface area contributed by atoms with Crippen molar-refractivity contribution in [3.63, 3.8) is 0 Å². The predicted octanol–water partition coefficient (Wildman–Crippen LogP) is 3.22. The quantitative estimate of drug-likeness (QED) is 0.860. The molecule has 1 N–H and O–H groups in total. The molecule has 1 saturated heterocycles. The second-order valence-electron chi connectivity index (χ2n) is 5.06. The van der Waals surface area contributed by atoms with Crippen LogP contribution < -0.4 is 5.32 Å². The van der Waals surface area contributed by atoms with Crippen LogP contribution in [0, 0.1) is 5.92 Å². The maximum absolute atomic E-state index is 5.94. The lowest BCUT2D eigenvalue weighted by Gasteiger charge is -2.34. The van der Waals surface area contributed by atoms with Gasteiger partial charge in [-0.1, -0.05) is 26.7 Å². The Labute approximate surface area is 114 Å². The molecule has 0 aliphatic carbocycles. The fourth-order valence-corrected chi connectivity index (χ4v) is 3.28. The molecule has 2 atom stereocenters. The van der Waals surface area contributed by atoms with Gasteiger partial charge in [-0.3, -0.25) is 4.98 Å². The Kier molecular flexibility index (Phi) is 5.60. The highest BCUT2D eigenvalue weighted by molar-refractivity contribution is 7.09. The van der Waals surface area contributed by atoms with E-state index in [1.165, 1.54) is 17.7 Å². The number of nitrogens with zero attached hydrogens (tertiary/aromatic N) is 1. The van der Waals surface area contributed by atoms with Gasteiger partial charge < -0.3 is 10.1 Å². The van der Waals surface area contributed by atoms with Gasteiger partial charge in [-0.15, -0.1) is 11.3 Å². The normalized spacial score (nSPS) is 24.6. The molecule has 1 aliphatic rings. The molecule has 0 amide bonds. The molecular formula is C14H24N2OS. The van der Waals surface area contributed by atoms with Gasteiger partial charge in [0.2, 0.25) is 0 Å². The minimum atomic E-state index is 0.452. The zero-order chi connectivity index (χ0) is 12.8. The fourth-order valence-electron chi connectivity index (χ4n) is 2.73. The Morgan fingerprint density at radius 2 is 2.33 bits per heavy atom. The summed E-state index contributed by atoms with van der Waals surface area (Å²) in [5.41, 5.74) is 1.90. The highest BCUT2D eigenvalue weighted by atomic mass is 32.1. The first-order valence-corrected chi connectivity index (χ1v) is 7.93. The van der Waals surface area contributed by atoms with Crippen molar-refractivity contribution < 1.29 is 4.74 Å². The molecule has 3 nitrogen and oxygen atoms in total. The van der Waals surface area contributed by atoms with Gasteiger partial charge in [0.05, 0.1) is 11.6 Å². The van der Waals surface area contributed by atoms with E-state index in [2.05, 4.69) is 24.1 Å². The van der Waals surface area contributed by atoms with Gasteiger partial charge in [0.15, 0.2) is 0 Å². The van der Waals surface area contributed by atoms with Gasteiger partial charge in [0.25, 0.3) is 0 Å². The molecule has 0 radical (unpaired) electrons. The smallest absolute Gasteiger partial charge is 0.0794 e. The van der Waals surface area contributed by atoms with Crippen molar-refractivity contribution >= 4 is 11.3 Å². The first-order valence-electron chi connectivity index (χ1n) is 7.05. The van der Waals surface area contributed by atoms with Gasteiger partial charge in [-0.25, -0.2) is 0 Å². The monoisotopic (exact) mass is 268 g/mol. The van der Waals surface area contributed by atoms with Gasteiger partial charge in [0.1, 0.15) is 0 Å². The molecule has 0 bridgehead atoms. The van der Waals surface area contributed by atoms with Crippen molar-refractivity contribution in [3.05, 3.63) is 16.6 Å². The van der Waals surface area contributed by atoms with E-state index in [1.54, 1.807) is 11.3 Å². The molecule has 1 fully saturated rings. The summed E-state index contributed by atoms with van der Waals surface area (Å²) in [6, 6.07) is 0.603. The van der Waals surface area contributed by atoms with E-state index in [9.17, 15) is 0 Å². The molecule has 2 rings (SSSR count). The summed E-state index contributed by atoms with van der Waals surface area (Å²) in [6.45, 7) is 6.39. The minimum absolute atomic E-state index is 0.452. The molecule has 0 saturated carbocycles. The zero-order valence-corrected chi connectivity index (χ0v) is 12.2. The zero-order valence-electron chi connectivity index (χ0n) is 11.4. The van der Waals surface area contributed by atoms with Crippen molar-refractivity contribution in [2.24, 2.45) is 5.92 Å². The molecule has 0 spiro atoms. The Morgan fingerprint density at radius 3 is 3.00 bits per heavy atom. The lowest BCUT2D eigenvalue weighted by atomic mass is 9.89. The first-order chi connectivity index (χ1) is 8.83. The summed E-state index contributed by atoms with van der Waals surface area (Å²) in [7, 11) is 0. The molecule has 0 aromatic carbocycles. The predicted molar refractivity (Wildman–Crippen MR) is 75.8 cm³/mol. The number of thiazole rings is 1. The van der Waals surface area contributed by atoms with Crippen molar-refractivity contribution in [3.8, 4) is 0 Å². The third kappa shape index (κ3) is 3.77. The van der Waals surface area contributed by atoms with Crippen molar-refractivity contribution in [1.29, 1.82) is 0 Å². The standard InChI is InChI=1S/C14H24N2OS/c1-3-11(4-2)14-7-12(5-6-17-14)16-9-13-8-15-10-18-13/h8,10-12,14,16H,3-7,9H2,1-2H3/t12-,14-/m0/s1. The third-order valence-electron chi connectivity index (χ3n) is 3.94. The number of hydrogen-bond acceptors (Lipinski definition) is 4. The molecule has 1 aromatic heterocycles. The summed E-state index contributed by atoms with van der Waals surface area (Å²) < 4.78 is 5.94. The van der Waals surface area contributed by atoms with E-state index in [1.807, 2.05) is 11.7 Å². The molecular weight excluding hydrogens is 244 g/mol. The summed E-state index contributed by atoms with van der Waals surface area (Å²) in [5, 5.41) is 3.65. The number of nitrogens with one attached hydrogen (secondary N) is 1. The number of ether oxygens (including phenoxy) is 1. The van der Waals surface area contributed by atoms with Crippen molar-refractivity contribution in [1.82, 2.24) is 10.3 Å². The van der Waals surface area contributed by atoms with E-state index >= 15 is 0 Å². The van der Waals surface area contributed by atoms with E-state index in [0.29, 0.717) is 12.1 Å². The van der Waals surface area contributed by atoms with Crippen LogP contribution in [0.4, 0.5) is 0 Å². The SMILES string of the molecule is CCC(CC)[C@@H]1C[C@@H](NCc2cncs2)CCO1. The molecule has 2 heterocycles. The summed E-state index contributed by atoms with van der Waals surface area (Å²) in [6.07, 6.45) is 7.15. The third-order valence-corrected chi connectivity index (χ3v) is 4.72. The highest BCUT2D eigenvalue weighted by Gasteiger charge is 2.27. The highest BCUT2D eigenvalue weighted by Crippen LogP contribution is 2.25. The number of hydrogen-bond donors (Lipinski definition) is 1. The second-order valence-corrected chi connectivity index (χ2v) is 6.03. The van der Waals surface area contributed by atoms with E-state index in [4.69, 9.17) is 4.74 Å².